The highest BCUT2D eigenvalue weighted by Crippen LogP contribution is 2.22. The number of benzene rings is 1. The van der Waals surface area contributed by atoms with Gasteiger partial charge in [0.05, 0.1) is 6.04 Å². The van der Waals surface area contributed by atoms with Crippen LogP contribution in [0.2, 0.25) is 0 Å². The van der Waals surface area contributed by atoms with Crippen molar-refractivity contribution in [1.82, 2.24) is 10.6 Å². The van der Waals surface area contributed by atoms with Crippen LogP contribution in [0.5, 0.6) is 0 Å². The van der Waals surface area contributed by atoms with Crippen molar-refractivity contribution in [3.63, 3.8) is 0 Å². The van der Waals surface area contributed by atoms with E-state index >= 15 is 0 Å². The number of hydrogen-bond acceptors (Lipinski definition) is 2. The van der Waals surface area contributed by atoms with Gasteiger partial charge in [0.2, 0.25) is 11.8 Å². The summed E-state index contributed by atoms with van der Waals surface area (Å²) in [6, 6.07) is 2.20. The highest BCUT2D eigenvalue weighted by atomic mass is 19.2. The second-order valence-electron chi connectivity index (χ2n) is 5.12. The van der Waals surface area contributed by atoms with Crippen molar-refractivity contribution in [2.75, 3.05) is 0 Å². The summed E-state index contributed by atoms with van der Waals surface area (Å²) in [5.74, 6) is -2.47. The Morgan fingerprint density at radius 1 is 1.43 bits per heavy atom. The van der Waals surface area contributed by atoms with Gasteiger partial charge in [-0.1, -0.05) is 18.2 Å². The first-order valence-corrected chi connectivity index (χ1v) is 6.58. The molecule has 0 aliphatic carbocycles. The summed E-state index contributed by atoms with van der Waals surface area (Å²) < 4.78 is 26.3. The topological polar surface area (TPSA) is 58.2 Å². The molecular weight excluding hydrogens is 278 g/mol. The Bertz CT molecular complexity index is 601. The Morgan fingerprint density at radius 3 is 2.67 bits per heavy atom. The molecule has 0 radical (unpaired) electrons. The zero-order chi connectivity index (χ0) is 15.6. The fourth-order valence-electron chi connectivity index (χ4n) is 2.24. The molecule has 0 bridgehead atoms. The van der Waals surface area contributed by atoms with E-state index in [-0.39, 0.29) is 11.8 Å². The third kappa shape index (κ3) is 3.45. The van der Waals surface area contributed by atoms with Crippen LogP contribution in [-0.2, 0) is 9.59 Å². The van der Waals surface area contributed by atoms with E-state index in [9.17, 15) is 18.4 Å². The molecule has 2 amide bonds. The lowest BCUT2D eigenvalue weighted by atomic mass is 10.00. The molecule has 2 rings (SSSR count). The molecule has 2 atom stereocenters. The lowest BCUT2D eigenvalue weighted by Gasteiger charge is -2.21. The average molecular weight is 294 g/mol. The first kappa shape index (κ1) is 15.2. The Labute approximate surface area is 121 Å². The smallest absolute Gasteiger partial charge is 0.243 e. The number of halogens is 2. The van der Waals surface area contributed by atoms with Crippen molar-refractivity contribution >= 4 is 11.8 Å². The van der Waals surface area contributed by atoms with Gasteiger partial charge in [0.15, 0.2) is 11.6 Å². The standard InChI is InChI=1S/C15H16F2N2O2/c1-8(2)14(9-3-4-10(16)11(17)7-9)19-15(21)12-5-6-13(20)18-12/h3-4,7,12,14H,1,5-6H2,2H3,(H,18,20)(H,19,21)/t12-,14-/m0/s1. The molecule has 0 spiro atoms. The van der Waals surface area contributed by atoms with E-state index < -0.39 is 23.7 Å². The molecule has 1 aromatic carbocycles. The minimum absolute atomic E-state index is 0.171. The second kappa shape index (κ2) is 6.03. The van der Waals surface area contributed by atoms with Crippen molar-refractivity contribution in [2.24, 2.45) is 0 Å². The van der Waals surface area contributed by atoms with Gasteiger partial charge >= 0.3 is 0 Å². The Hall–Kier alpha value is -2.24. The predicted molar refractivity (Wildman–Crippen MR) is 73.2 cm³/mol. The Kier molecular flexibility index (Phi) is 4.35. The molecule has 1 aromatic rings. The summed E-state index contributed by atoms with van der Waals surface area (Å²) >= 11 is 0. The van der Waals surface area contributed by atoms with E-state index in [1.807, 2.05) is 0 Å². The molecule has 0 unspecified atom stereocenters. The molecule has 2 N–H and O–H groups in total. The monoisotopic (exact) mass is 294 g/mol. The fourth-order valence-corrected chi connectivity index (χ4v) is 2.24. The summed E-state index contributed by atoms with van der Waals surface area (Å²) in [4.78, 5) is 23.2. The SMILES string of the molecule is C=C(C)[C@H](NC(=O)[C@@H]1CCC(=O)N1)c1ccc(F)c(F)c1. The van der Waals surface area contributed by atoms with Crippen LogP contribution >= 0.6 is 0 Å². The summed E-state index contributed by atoms with van der Waals surface area (Å²) in [6.45, 7) is 5.44. The van der Waals surface area contributed by atoms with Crippen LogP contribution in [0.3, 0.4) is 0 Å². The van der Waals surface area contributed by atoms with Crippen molar-refractivity contribution in [3.8, 4) is 0 Å². The van der Waals surface area contributed by atoms with E-state index in [2.05, 4.69) is 17.2 Å². The maximum Gasteiger partial charge on any atom is 0.243 e. The molecule has 0 saturated carbocycles. The molecule has 4 nitrogen and oxygen atoms in total. The number of hydrogen-bond donors (Lipinski definition) is 2. The third-order valence-corrected chi connectivity index (χ3v) is 3.37. The van der Waals surface area contributed by atoms with Gasteiger partial charge in [0.1, 0.15) is 6.04 Å². The number of carbonyl (C=O) groups is 2. The zero-order valence-corrected chi connectivity index (χ0v) is 11.6. The maximum atomic E-state index is 13.3. The van der Waals surface area contributed by atoms with Crippen molar-refractivity contribution < 1.29 is 18.4 Å². The molecule has 1 heterocycles. The van der Waals surface area contributed by atoms with Crippen LogP contribution in [0.1, 0.15) is 31.4 Å². The molecule has 1 saturated heterocycles. The molecule has 21 heavy (non-hydrogen) atoms. The summed E-state index contributed by atoms with van der Waals surface area (Å²) in [7, 11) is 0. The predicted octanol–water partition coefficient (Wildman–Crippen LogP) is 1.98. The van der Waals surface area contributed by atoms with Crippen molar-refractivity contribution in [2.45, 2.75) is 31.8 Å². The quantitative estimate of drug-likeness (QED) is 0.834. The van der Waals surface area contributed by atoms with Gasteiger partial charge in [-0.15, -0.1) is 0 Å². The lowest BCUT2D eigenvalue weighted by Crippen LogP contribution is -2.43. The van der Waals surface area contributed by atoms with Gasteiger partial charge < -0.3 is 10.6 Å². The summed E-state index contributed by atoms with van der Waals surface area (Å²) in [6.07, 6.45) is 0.729. The van der Waals surface area contributed by atoms with Gasteiger partial charge in [0, 0.05) is 6.42 Å². The maximum absolute atomic E-state index is 13.3. The van der Waals surface area contributed by atoms with E-state index in [1.54, 1.807) is 6.92 Å². The lowest BCUT2D eigenvalue weighted by molar-refractivity contribution is -0.126. The van der Waals surface area contributed by atoms with Crippen LogP contribution in [0.25, 0.3) is 0 Å². The van der Waals surface area contributed by atoms with Crippen LogP contribution in [-0.4, -0.2) is 17.9 Å². The largest absolute Gasteiger partial charge is 0.344 e. The summed E-state index contributed by atoms with van der Waals surface area (Å²) in [5.41, 5.74) is 0.984. The minimum Gasteiger partial charge on any atom is -0.344 e. The fraction of sp³-hybridized carbons (Fsp3) is 0.333. The number of carbonyl (C=O) groups excluding carboxylic acids is 2. The Morgan fingerprint density at radius 2 is 2.14 bits per heavy atom. The molecule has 1 aliphatic heterocycles. The number of rotatable bonds is 4. The Balaban J connectivity index is 2.15. The number of nitrogens with one attached hydrogen (secondary N) is 2. The third-order valence-electron chi connectivity index (χ3n) is 3.37. The highest BCUT2D eigenvalue weighted by molar-refractivity contribution is 5.91. The van der Waals surface area contributed by atoms with Crippen LogP contribution in [0, 0.1) is 11.6 Å². The van der Waals surface area contributed by atoms with E-state index in [1.165, 1.54) is 6.07 Å². The van der Waals surface area contributed by atoms with Crippen LogP contribution < -0.4 is 10.6 Å². The second-order valence-corrected chi connectivity index (χ2v) is 5.12. The molecular formula is C15H16F2N2O2. The van der Waals surface area contributed by atoms with Gasteiger partial charge in [0.25, 0.3) is 0 Å². The van der Waals surface area contributed by atoms with Crippen molar-refractivity contribution in [3.05, 3.63) is 47.5 Å². The normalized spacial score (nSPS) is 19.0. The van der Waals surface area contributed by atoms with E-state index in [0.29, 0.717) is 24.0 Å². The molecule has 6 heteroatoms. The summed E-state index contributed by atoms with van der Waals surface area (Å²) in [5, 5.41) is 5.25. The van der Waals surface area contributed by atoms with E-state index in [0.717, 1.165) is 12.1 Å². The first-order chi connectivity index (χ1) is 9.88. The van der Waals surface area contributed by atoms with Crippen molar-refractivity contribution in [1.29, 1.82) is 0 Å². The first-order valence-electron chi connectivity index (χ1n) is 6.58. The minimum atomic E-state index is -0.984. The van der Waals surface area contributed by atoms with Gasteiger partial charge in [-0.05, 0) is 31.0 Å². The molecule has 1 aliphatic rings. The van der Waals surface area contributed by atoms with Gasteiger partial charge in [-0.2, -0.15) is 0 Å². The zero-order valence-electron chi connectivity index (χ0n) is 11.6. The van der Waals surface area contributed by atoms with Gasteiger partial charge in [-0.25, -0.2) is 8.78 Å². The van der Waals surface area contributed by atoms with Crippen LogP contribution in [0.4, 0.5) is 8.78 Å². The molecule has 0 aromatic heterocycles. The van der Waals surface area contributed by atoms with Gasteiger partial charge in [-0.3, -0.25) is 9.59 Å². The highest BCUT2D eigenvalue weighted by Gasteiger charge is 2.29. The molecule has 112 valence electrons. The average Bonchev–Trinajstić information content (AvgIpc) is 2.85. The molecule has 1 fully saturated rings. The van der Waals surface area contributed by atoms with Crippen LogP contribution in [0.15, 0.2) is 30.4 Å². The number of amides is 2. The van der Waals surface area contributed by atoms with E-state index in [4.69, 9.17) is 0 Å².